The predicted octanol–water partition coefficient (Wildman–Crippen LogP) is 3.76. The lowest BCUT2D eigenvalue weighted by Gasteiger charge is -2.24. The zero-order valence-corrected chi connectivity index (χ0v) is 20.6. The monoisotopic (exact) mass is 520 g/mol. The molecule has 1 aliphatic rings. The number of anilines is 2. The Morgan fingerprint density at radius 2 is 2.05 bits per heavy atom. The van der Waals surface area contributed by atoms with E-state index in [4.69, 9.17) is 21.1 Å². The number of aromatic nitrogens is 4. The Labute approximate surface area is 218 Å². The molecule has 0 saturated carbocycles. The molecule has 1 saturated heterocycles. The van der Waals surface area contributed by atoms with Gasteiger partial charge in [-0.2, -0.15) is 0 Å². The lowest BCUT2D eigenvalue weighted by Crippen LogP contribution is -2.40. The van der Waals surface area contributed by atoms with E-state index in [0.29, 0.717) is 57.8 Å². The lowest BCUT2D eigenvalue weighted by molar-refractivity contribution is -0.135. The number of hydrogen-bond acceptors (Lipinski definition) is 9. The summed E-state index contributed by atoms with van der Waals surface area (Å²) in [4.78, 5) is 30.7. The summed E-state index contributed by atoms with van der Waals surface area (Å²) in [7, 11) is 0. The van der Waals surface area contributed by atoms with Crippen LogP contribution >= 0.6 is 11.6 Å². The van der Waals surface area contributed by atoms with Gasteiger partial charge in [-0.25, -0.2) is 9.97 Å². The van der Waals surface area contributed by atoms with Gasteiger partial charge in [-0.1, -0.05) is 17.7 Å². The summed E-state index contributed by atoms with van der Waals surface area (Å²) >= 11 is 6.48. The number of aliphatic hydroxyl groups is 1. The molecule has 190 valence electrons. The fraction of sp³-hybridized carbons (Fsp3) is 0.269. The average molecular weight is 521 g/mol. The molecule has 1 amide bonds. The Balaban J connectivity index is 1.33. The standard InChI is InChI=1S/C26H25ClN6O4/c27-20-11-17(6-7-22(20)36-14-18-12-28-8-9-29-18)32-26-25-21(30-16-31-26)4-1-5-23(25)37-15-19-3-2-10-33(19)24(35)13-34/h1,4-9,11-12,16,19,34H,2-3,10,13-15H2,(H,30,31,32). The number of aliphatic hydroxyl groups excluding tert-OH is 1. The average Bonchev–Trinajstić information content (AvgIpc) is 3.40. The number of likely N-dealkylation sites (tertiary alicyclic amines) is 1. The number of nitrogens with zero attached hydrogens (tertiary/aromatic N) is 5. The van der Waals surface area contributed by atoms with Gasteiger partial charge in [-0.3, -0.25) is 14.8 Å². The summed E-state index contributed by atoms with van der Waals surface area (Å²) in [5, 5.41) is 13.7. The number of rotatable bonds is 9. The van der Waals surface area contributed by atoms with Crippen molar-refractivity contribution in [2.24, 2.45) is 0 Å². The van der Waals surface area contributed by atoms with E-state index in [-0.39, 0.29) is 18.6 Å². The summed E-state index contributed by atoms with van der Waals surface area (Å²) in [6, 6.07) is 10.9. The summed E-state index contributed by atoms with van der Waals surface area (Å²) in [5.41, 5.74) is 2.11. The molecule has 10 nitrogen and oxygen atoms in total. The van der Waals surface area contributed by atoms with Crippen LogP contribution in [0.5, 0.6) is 11.5 Å². The van der Waals surface area contributed by atoms with Crippen molar-refractivity contribution >= 4 is 39.9 Å². The van der Waals surface area contributed by atoms with Gasteiger partial charge in [-0.15, -0.1) is 0 Å². The van der Waals surface area contributed by atoms with Gasteiger partial charge in [0.05, 0.1) is 33.9 Å². The van der Waals surface area contributed by atoms with Gasteiger partial charge < -0.3 is 24.8 Å². The van der Waals surface area contributed by atoms with E-state index in [1.54, 1.807) is 35.6 Å². The first-order valence-corrected chi connectivity index (χ1v) is 12.2. The lowest BCUT2D eigenvalue weighted by atomic mass is 10.2. The highest BCUT2D eigenvalue weighted by molar-refractivity contribution is 6.32. The maximum absolute atomic E-state index is 12.0. The van der Waals surface area contributed by atoms with Crippen molar-refractivity contribution in [1.82, 2.24) is 24.8 Å². The van der Waals surface area contributed by atoms with E-state index >= 15 is 0 Å². The van der Waals surface area contributed by atoms with Crippen molar-refractivity contribution in [1.29, 1.82) is 0 Å². The first-order valence-electron chi connectivity index (χ1n) is 11.8. The molecule has 11 heteroatoms. The third kappa shape index (κ3) is 5.71. The smallest absolute Gasteiger partial charge is 0.248 e. The Morgan fingerprint density at radius 3 is 2.86 bits per heavy atom. The van der Waals surface area contributed by atoms with E-state index in [1.807, 2.05) is 24.3 Å². The molecule has 1 unspecified atom stereocenters. The third-order valence-electron chi connectivity index (χ3n) is 6.08. The number of carbonyl (C=O) groups excluding carboxylic acids is 1. The van der Waals surface area contributed by atoms with Crippen molar-refractivity contribution in [2.45, 2.75) is 25.5 Å². The zero-order valence-electron chi connectivity index (χ0n) is 19.9. The fourth-order valence-corrected chi connectivity index (χ4v) is 4.53. The van der Waals surface area contributed by atoms with E-state index in [1.165, 1.54) is 6.33 Å². The molecule has 2 aromatic carbocycles. The van der Waals surface area contributed by atoms with E-state index in [0.717, 1.165) is 12.8 Å². The minimum Gasteiger partial charge on any atom is -0.491 e. The van der Waals surface area contributed by atoms with Gasteiger partial charge in [0.15, 0.2) is 0 Å². The molecule has 2 N–H and O–H groups in total. The minimum atomic E-state index is -0.501. The first-order chi connectivity index (χ1) is 18.1. The molecular weight excluding hydrogens is 496 g/mol. The summed E-state index contributed by atoms with van der Waals surface area (Å²) in [6.45, 7) is 0.681. The molecule has 4 aromatic rings. The van der Waals surface area contributed by atoms with Crippen molar-refractivity contribution in [3.63, 3.8) is 0 Å². The number of ether oxygens (including phenoxy) is 2. The highest BCUT2D eigenvalue weighted by Gasteiger charge is 2.29. The molecule has 37 heavy (non-hydrogen) atoms. The first kappa shape index (κ1) is 24.7. The van der Waals surface area contributed by atoms with Gasteiger partial charge in [-0.05, 0) is 43.2 Å². The molecule has 1 atom stereocenters. The number of hydrogen-bond donors (Lipinski definition) is 2. The van der Waals surface area contributed by atoms with Crippen LogP contribution < -0.4 is 14.8 Å². The Hall–Kier alpha value is -4.02. The second-order valence-electron chi connectivity index (χ2n) is 8.48. The van der Waals surface area contributed by atoms with Crippen molar-refractivity contribution < 1.29 is 19.4 Å². The van der Waals surface area contributed by atoms with Crippen molar-refractivity contribution in [2.75, 3.05) is 25.1 Å². The van der Waals surface area contributed by atoms with E-state index in [9.17, 15) is 9.90 Å². The van der Waals surface area contributed by atoms with Gasteiger partial charge in [0, 0.05) is 24.6 Å². The zero-order chi connectivity index (χ0) is 25.6. The molecule has 5 rings (SSSR count). The van der Waals surface area contributed by atoms with Crippen LogP contribution in [0, 0.1) is 0 Å². The SMILES string of the molecule is O=C(CO)N1CCCC1COc1cccc2ncnc(Nc3ccc(OCc4cnccn4)c(Cl)c3)c12. The topological polar surface area (TPSA) is 123 Å². The van der Waals surface area contributed by atoms with Gasteiger partial charge in [0.2, 0.25) is 5.91 Å². The van der Waals surface area contributed by atoms with E-state index < -0.39 is 6.61 Å². The van der Waals surface area contributed by atoms with Gasteiger partial charge >= 0.3 is 0 Å². The molecule has 2 aromatic heterocycles. The predicted molar refractivity (Wildman–Crippen MR) is 138 cm³/mol. The Morgan fingerprint density at radius 1 is 1.14 bits per heavy atom. The molecule has 0 bridgehead atoms. The second kappa shape index (κ2) is 11.4. The highest BCUT2D eigenvalue weighted by atomic mass is 35.5. The van der Waals surface area contributed by atoms with Crippen LogP contribution in [0.4, 0.5) is 11.5 Å². The van der Waals surface area contributed by atoms with Gasteiger partial charge in [0.1, 0.15) is 43.5 Å². The maximum atomic E-state index is 12.0. The van der Waals surface area contributed by atoms with Crippen LogP contribution in [0.25, 0.3) is 10.9 Å². The quantitative estimate of drug-likeness (QED) is 0.339. The van der Waals surface area contributed by atoms with Crippen LogP contribution in [-0.2, 0) is 11.4 Å². The number of carbonyl (C=O) groups is 1. The minimum absolute atomic E-state index is 0.0934. The van der Waals surface area contributed by atoms with Crippen LogP contribution in [0.15, 0.2) is 61.3 Å². The summed E-state index contributed by atoms with van der Waals surface area (Å²) < 4.78 is 12.0. The normalized spacial score (nSPS) is 15.1. The summed E-state index contributed by atoms with van der Waals surface area (Å²) in [5.74, 6) is 1.39. The second-order valence-corrected chi connectivity index (χ2v) is 8.89. The number of amides is 1. The third-order valence-corrected chi connectivity index (χ3v) is 6.37. The molecule has 0 spiro atoms. The molecule has 1 fully saturated rings. The number of benzene rings is 2. The number of halogens is 1. The number of nitrogens with one attached hydrogen (secondary N) is 1. The molecule has 0 aliphatic carbocycles. The molecule has 3 heterocycles. The molecular formula is C26H25ClN6O4. The summed E-state index contributed by atoms with van der Waals surface area (Å²) in [6.07, 6.45) is 8.03. The largest absolute Gasteiger partial charge is 0.491 e. The highest BCUT2D eigenvalue weighted by Crippen LogP contribution is 2.34. The van der Waals surface area contributed by atoms with Crippen LogP contribution in [0.1, 0.15) is 18.5 Å². The van der Waals surface area contributed by atoms with E-state index in [2.05, 4.69) is 25.3 Å². The maximum Gasteiger partial charge on any atom is 0.248 e. The number of fused-ring (bicyclic) bond motifs is 1. The fourth-order valence-electron chi connectivity index (χ4n) is 4.30. The Kier molecular flexibility index (Phi) is 7.57. The van der Waals surface area contributed by atoms with Crippen LogP contribution in [-0.4, -0.2) is 61.6 Å². The molecule has 0 radical (unpaired) electrons. The van der Waals surface area contributed by atoms with Crippen LogP contribution in [0.2, 0.25) is 5.02 Å². The van der Waals surface area contributed by atoms with Crippen LogP contribution in [0.3, 0.4) is 0 Å². The van der Waals surface area contributed by atoms with Crippen molar-refractivity contribution in [3.05, 3.63) is 72.0 Å². The molecule has 1 aliphatic heterocycles. The Bertz CT molecular complexity index is 1390. The van der Waals surface area contributed by atoms with Crippen molar-refractivity contribution in [3.8, 4) is 11.5 Å². The van der Waals surface area contributed by atoms with Gasteiger partial charge in [0.25, 0.3) is 0 Å².